The third-order valence-electron chi connectivity index (χ3n) is 17.5. The molecule has 0 aromatic rings. The summed E-state index contributed by atoms with van der Waals surface area (Å²) in [6.07, 6.45) is 16.7. The highest BCUT2D eigenvalue weighted by Crippen LogP contribution is 2.74. The maximum atomic E-state index is 13.9. The standard InChI is InChI=1S/C44H70N2O4/c1-26(2)38-35(48)24-44(19-21-45-25-29-10-8-9-20-46-29)18-14-33-30(39(38)44)11-12-37-42(33,6)17-15-36-41(4,5)28(13-16-43(36,37)7)22-34(47)31-23-32(27(31)3)40(49)50/h26-33,36-37,45-46H,8-25H2,1-7H3,(H,49,50). The Hall–Kier alpha value is -1.53. The minimum atomic E-state index is -0.741. The number of Topliss-reactive ketones (excluding diaryl/α,β-unsaturated/α-hetero) is 2. The lowest BCUT2D eigenvalue weighted by atomic mass is 9.35. The Morgan fingerprint density at radius 1 is 0.920 bits per heavy atom. The lowest BCUT2D eigenvalue weighted by Crippen LogP contribution is -2.62. The maximum Gasteiger partial charge on any atom is 0.306 e. The van der Waals surface area contributed by atoms with Gasteiger partial charge in [-0.2, -0.15) is 0 Å². The highest BCUT2D eigenvalue weighted by atomic mass is 16.4. The molecule has 1 heterocycles. The molecule has 12 unspecified atom stereocenters. The number of hydrogen-bond donors (Lipinski definition) is 3. The van der Waals surface area contributed by atoms with Gasteiger partial charge in [0.1, 0.15) is 5.78 Å². The zero-order valence-corrected chi connectivity index (χ0v) is 32.7. The van der Waals surface area contributed by atoms with Crippen molar-refractivity contribution >= 4 is 17.5 Å². The van der Waals surface area contributed by atoms with Gasteiger partial charge >= 0.3 is 5.97 Å². The average molecular weight is 691 g/mol. The second kappa shape index (κ2) is 13.4. The molecule has 12 atom stereocenters. The van der Waals surface area contributed by atoms with Crippen LogP contribution in [-0.4, -0.2) is 48.3 Å². The van der Waals surface area contributed by atoms with Crippen LogP contribution in [-0.2, 0) is 14.4 Å². The average Bonchev–Trinajstić information content (AvgIpc) is 3.36. The molecule has 6 aliphatic carbocycles. The number of hydrogen-bond acceptors (Lipinski definition) is 5. The first-order valence-electron chi connectivity index (χ1n) is 21.1. The minimum Gasteiger partial charge on any atom is -0.481 e. The zero-order chi connectivity index (χ0) is 35.8. The van der Waals surface area contributed by atoms with E-state index in [2.05, 4.69) is 52.2 Å². The molecule has 50 heavy (non-hydrogen) atoms. The van der Waals surface area contributed by atoms with E-state index in [1.165, 1.54) is 69.8 Å². The molecule has 6 nitrogen and oxygen atoms in total. The van der Waals surface area contributed by atoms with Crippen LogP contribution < -0.4 is 10.6 Å². The fourth-order valence-corrected chi connectivity index (χ4v) is 14.8. The van der Waals surface area contributed by atoms with Gasteiger partial charge in [0.05, 0.1) is 5.92 Å². The first-order chi connectivity index (χ1) is 23.6. The number of nitrogens with one attached hydrogen (secondary N) is 2. The summed E-state index contributed by atoms with van der Waals surface area (Å²) in [5, 5.41) is 17.0. The van der Waals surface area contributed by atoms with Gasteiger partial charge in [-0.25, -0.2) is 0 Å². The van der Waals surface area contributed by atoms with Crippen LogP contribution >= 0.6 is 0 Å². The molecule has 7 rings (SSSR count). The third-order valence-corrected chi connectivity index (χ3v) is 17.5. The Morgan fingerprint density at radius 3 is 2.36 bits per heavy atom. The van der Waals surface area contributed by atoms with Gasteiger partial charge in [-0.3, -0.25) is 14.4 Å². The lowest BCUT2D eigenvalue weighted by Gasteiger charge is -2.69. The molecule has 0 amide bonds. The molecule has 1 aliphatic heterocycles. The molecule has 0 spiro atoms. The Morgan fingerprint density at radius 2 is 1.68 bits per heavy atom. The van der Waals surface area contributed by atoms with Crippen LogP contribution in [0.3, 0.4) is 0 Å². The normalized spacial score (nSPS) is 45.3. The topological polar surface area (TPSA) is 95.5 Å². The largest absolute Gasteiger partial charge is 0.481 e. The van der Waals surface area contributed by atoms with Gasteiger partial charge in [0.25, 0.3) is 0 Å². The number of fused-ring (bicyclic) bond motifs is 7. The predicted molar refractivity (Wildman–Crippen MR) is 199 cm³/mol. The Bertz CT molecular complexity index is 1380. The second-order valence-electron chi connectivity index (χ2n) is 20.3. The van der Waals surface area contributed by atoms with Crippen LogP contribution in [0, 0.1) is 74.9 Å². The number of carbonyl (C=O) groups is 3. The summed E-state index contributed by atoms with van der Waals surface area (Å²) in [5.41, 5.74) is 3.55. The first kappa shape index (κ1) is 36.8. The predicted octanol–water partition coefficient (Wildman–Crippen LogP) is 8.63. The van der Waals surface area contributed by atoms with Crippen molar-refractivity contribution < 1.29 is 19.5 Å². The van der Waals surface area contributed by atoms with E-state index >= 15 is 0 Å². The smallest absolute Gasteiger partial charge is 0.306 e. The van der Waals surface area contributed by atoms with E-state index < -0.39 is 5.97 Å². The highest BCUT2D eigenvalue weighted by Gasteiger charge is 2.66. The number of allylic oxidation sites excluding steroid dienone is 2. The molecule has 0 bridgehead atoms. The quantitative estimate of drug-likeness (QED) is 0.199. The summed E-state index contributed by atoms with van der Waals surface area (Å²) in [7, 11) is 0. The molecule has 3 N–H and O–H groups in total. The molecule has 6 heteroatoms. The van der Waals surface area contributed by atoms with Crippen molar-refractivity contribution in [3.05, 3.63) is 11.1 Å². The van der Waals surface area contributed by atoms with Gasteiger partial charge in [-0.1, -0.05) is 60.5 Å². The number of rotatable bonds is 10. The molecule has 5 saturated carbocycles. The zero-order valence-electron chi connectivity index (χ0n) is 32.7. The van der Waals surface area contributed by atoms with Gasteiger partial charge in [-0.15, -0.1) is 0 Å². The van der Waals surface area contributed by atoms with Crippen molar-refractivity contribution in [3.63, 3.8) is 0 Å². The third kappa shape index (κ3) is 5.82. The second-order valence-corrected chi connectivity index (χ2v) is 20.3. The number of piperidine rings is 1. The van der Waals surface area contributed by atoms with Crippen LogP contribution in [0.15, 0.2) is 11.1 Å². The molecule has 280 valence electrons. The molecular formula is C44H70N2O4. The van der Waals surface area contributed by atoms with Gasteiger partial charge < -0.3 is 15.7 Å². The van der Waals surface area contributed by atoms with Crippen molar-refractivity contribution in [3.8, 4) is 0 Å². The van der Waals surface area contributed by atoms with E-state index in [-0.39, 0.29) is 39.4 Å². The summed E-state index contributed by atoms with van der Waals surface area (Å²) in [4.78, 5) is 39.1. The molecule has 1 saturated heterocycles. The van der Waals surface area contributed by atoms with Crippen LogP contribution in [0.4, 0.5) is 0 Å². The van der Waals surface area contributed by atoms with Crippen molar-refractivity contribution in [2.45, 2.75) is 151 Å². The number of carboxylic acids is 1. The molecule has 0 aromatic heterocycles. The van der Waals surface area contributed by atoms with E-state index in [1.807, 2.05) is 6.92 Å². The Balaban J connectivity index is 1.07. The fraction of sp³-hybridized carbons (Fsp3) is 0.886. The van der Waals surface area contributed by atoms with Crippen LogP contribution in [0.1, 0.15) is 145 Å². The van der Waals surface area contributed by atoms with Gasteiger partial charge in [0.15, 0.2) is 5.78 Å². The van der Waals surface area contributed by atoms with Crippen LogP contribution in [0.25, 0.3) is 0 Å². The van der Waals surface area contributed by atoms with E-state index in [1.54, 1.807) is 5.57 Å². The lowest BCUT2D eigenvalue weighted by molar-refractivity contribution is -0.193. The maximum absolute atomic E-state index is 13.9. The minimum absolute atomic E-state index is 0.0339. The van der Waals surface area contributed by atoms with Gasteiger partial charge in [0.2, 0.25) is 0 Å². The highest BCUT2D eigenvalue weighted by molar-refractivity contribution is 6.00. The molecule has 0 aromatic carbocycles. The van der Waals surface area contributed by atoms with Crippen LogP contribution in [0.2, 0.25) is 0 Å². The van der Waals surface area contributed by atoms with Gasteiger partial charge in [-0.05, 0) is 153 Å². The van der Waals surface area contributed by atoms with Crippen molar-refractivity contribution in [2.75, 3.05) is 19.6 Å². The van der Waals surface area contributed by atoms with E-state index in [0.29, 0.717) is 66.0 Å². The van der Waals surface area contributed by atoms with E-state index in [9.17, 15) is 19.5 Å². The Kier molecular flexibility index (Phi) is 9.86. The number of aliphatic carboxylic acids is 1. The fourth-order valence-electron chi connectivity index (χ4n) is 14.8. The summed E-state index contributed by atoms with van der Waals surface area (Å²) in [5.74, 6) is 2.77. The number of carbonyl (C=O) groups excluding carboxylic acids is 2. The van der Waals surface area contributed by atoms with Gasteiger partial charge in [0, 0.05) is 36.8 Å². The molecule has 6 fully saturated rings. The monoisotopic (exact) mass is 691 g/mol. The summed E-state index contributed by atoms with van der Waals surface area (Å²) < 4.78 is 0. The summed E-state index contributed by atoms with van der Waals surface area (Å²) in [6.45, 7) is 20.0. The molecular weight excluding hydrogens is 620 g/mol. The summed E-state index contributed by atoms with van der Waals surface area (Å²) in [6, 6.07) is 0.591. The number of ketones is 2. The van der Waals surface area contributed by atoms with Crippen molar-refractivity contribution in [1.82, 2.24) is 10.6 Å². The van der Waals surface area contributed by atoms with Crippen LogP contribution in [0.5, 0.6) is 0 Å². The Labute approximate surface area is 303 Å². The SMILES string of the molecule is CC(C)C1=C2C3CCC4C(C)(CCC5C(C)(C)C(CC(=O)C6CC(C(=O)O)C6C)CCC54C)C3CCC2(CCNCC2CCCCN2)CC1=O. The number of carboxylic acid groups (broad SMARTS) is 1. The van der Waals surface area contributed by atoms with Crippen molar-refractivity contribution in [1.29, 1.82) is 0 Å². The van der Waals surface area contributed by atoms with E-state index in [4.69, 9.17) is 0 Å². The van der Waals surface area contributed by atoms with Crippen molar-refractivity contribution in [2.24, 2.45) is 74.9 Å². The molecule has 7 aliphatic rings. The summed E-state index contributed by atoms with van der Waals surface area (Å²) >= 11 is 0. The molecule has 0 radical (unpaired) electrons. The van der Waals surface area contributed by atoms with E-state index in [0.717, 1.165) is 38.9 Å². The first-order valence-corrected chi connectivity index (χ1v) is 21.1.